The van der Waals surface area contributed by atoms with E-state index in [-0.39, 0.29) is 5.91 Å². The van der Waals surface area contributed by atoms with E-state index in [1.54, 1.807) is 0 Å². The minimum absolute atomic E-state index is 0.166. The molecule has 0 bridgehead atoms. The summed E-state index contributed by atoms with van der Waals surface area (Å²) < 4.78 is 1.94. The summed E-state index contributed by atoms with van der Waals surface area (Å²) in [6, 6.07) is 13.4. The van der Waals surface area contributed by atoms with Gasteiger partial charge in [-0.3, -0.25) is 4.79 Å². The van der Waals surface area contributed by atoms with Crippen LogP contribution in [-0.4, -0.2) is 10.5 Å². The molecule has 1 heterocycles. The van der Waals surface area contributed by atoms with E-state index in [4.69, 9.17) is 11.6 Å². The van der Waals surface area contributed by atoms with Gasteiger partial charge in [0, 0.05) is 24.1 Å². The van der Waals surface area contributed by atoms with Crippen molar-refractivity contribution < 1.29 is 4.79 Å². The average Bonchev–Trinajstić information content (AvgIpc) is 2.87. The maximum Gasteiger partial charge on any atom is 0.257 e. The van der Waals surface area contributed by atoms with Crippen LogP contribution >= 0.6 is 11.6 Å². The van der Waals surface area contributed by atoms with E-state index in [1.165, 1.54) is 0 Å². The molecule has 3 aromatic rings. The number of anilines is 1. The minimum atomic E-state index is -0.166. The van der Waals surface area contributed by atoms with Gasteiger partial charge in [-0.1, -0.05) is 35.9 Å². The number of carbonyl (C=O) groups is 1. The summed E-state index contributed by atoms with van der Waals surface area (Å²) in [4.78, 5) is 12.6. The molecule has 3 rings (SSSR count). The third-order valence-corrected chi connectivity index (χ3v) is 4.02. The zero-order valence-corrected chi connectivity index (χ0v) is 13.0. The highest BCUT2D eigenvalue weighted by Crippen LogP contribution is 2.26. The largest absolute Gasteiger partial charge is 0.350 e. The van der Waals surface area contributed by atoms with Gasteiger partial charge in [0.2, 0.25) is 0 Å². The van der Waals surface area contributed by atoms with E-state index < -0.39 is 0 Å². The number of nitrogens with one attached hydrogen (secondary N) is 1. The molecule has 0 saturated carbocycles. The third kappa shape index (κ3) is 2.60. The van der Waals surface area contributed by atoms with E-state index in [1.807, 2.05) is 60.3 Å². The predicted molar refractivity (Wildman–Crippen MR) is 91.4 cm³/mol. The first-order valence-corrected chi connectivity index (χ1v) is 7.41. The molecule has 2 aromatic carbocycles. The number of halogens is 1. The molecule has 0 atom stereocenters. The van der Waals surface area contributed by atoms with Gasteiger partial charge in [0.05, 0.1) is 16.3 Å². The molecule has 0 unspecified atom stereocenters. The fourth-order valence-corrected chi connectivity index (χ4v) is 2.78. The number of benzene rings is 2. The number of hydrogen-bond donors (Lipinski definition) is 1. The number of hydrogen-bond acceptors (Lipinski definition) is 1. The quantitative estimate of drug-likeness (QED) is 0.761. The number of aromatic nitrogens is 1. The summed E-state index contributed by atoms with van der Waals surface area (Å²) >= 11 is 6.22. The van der Waals surface area contributed by atoms with E-state index in [2.05, 4.69) is 12.2 Å². The Kier molecular flexibility index (Phi) is 3.90. The number of amides is 1. The molecule has 3 nitrogen and oxygen atoms in total. The maximum absolute atomic E-state index is 12.6. The molecule has 111 valence electrons. The second kappa shape index (κ2) is 5.85. The summed E-state index contributed by atoms with van der Waals surface area (Å²) in [6.07, 6.45) is 2.50. The normalized spacial score (nSPS) is 10.9. The van der Waals surface area contributed by atoms with Crippen molar-refractivity contribution in [3.63, 3.8) is 0 Å². The topological polar surface area (TPSA) is 34.0 Å². The number of nitrogens with zero attached hydrogens (tertiary/aromatic N) is 1. The molecule has 0 fully saturated rings. The molecule has 4 heteroatoms. The van der Waals surface area contributed by atoms with Gasteiger partial charge in [0.15, 0.2) is 0 Å². The molecule has 0 saturated heterocycles. The van der Waals surface area contributed by atoms with Gasteiger partial charge in [-0.15, -0.1) is 0 Å². The fourth-order valence-electron chi connectivity index (χ4n) is 2.53. The van der Waals surface area contributed by atoms with Crippen LogP contribution in [0.15, 0.2) is 48.7 Å². The van der Waals surface area contributed by atoms with Crippen molar-refractivity contribution in [3.8, 4) is 0 Å². The lowest BCUT2D eigenvalue weighted by Crippen LogP contribution is -2.12. The first-order chi connectivity index (χ1) is 10.6. The van der Waals surface area contributed by atoms with Crippen molar-refractivity contribution in [3.05, 3.63) is 71.7 Å². The smallest absolute Gasteiger partial charge is 0.257 e. The van der Waals surface area contributed by atoms with Crippen molar-refractivity contribution >= 4 is 34.1 Å². The SMILES string of the molecule is [CH2]Cc1ccc(NC(=O)c2cn(C)c3ccccc23)c(Cl)c1. The van der Waals surface area contributed by atoms with Crippen molar-refractivity contribution in [1.82, 2.24) is 4.57 Å². The molecule has 1 amide bonds. The highest BCUT2D eigenvalue weighted by molar-refractivity contribution is 6.34. The van der Waals surface area contributed by atoms with E-state index in [0.29, 0.717) is 22.7 Å². The molecular weight excluding hydrogens is 296 g/mol. The lowest BCUT2D eigenvalue weighted by Gasteiger charge is -2.08. The van der Waals surface area contributed by atoms with E-state index in [0.717, 1.165) is 16.5 Å². The highest BCUT2D eigenvalue weighted by Gasteiger charge is 2.14. The average molecular weight is 312 g/mol. The van der Waals surface area contributed by atoms with Crippen LogP contribution < -0.4 is 5.32 Å². The second-order valence-corrected chi connectivity index (χ2v) is 5.60. The minimum Gasteiger partial charge on any atom is -0.350 e. The Morgan fingerprint density at radius 1 is 1.27 bits per heavy atom. The Labute approximate surface area is 134 Å². The van der Waals surface area contributed by atoms with Crippen LogP contribution in [0.4, 0.5) is 5.69 Å². The van der Waals surface area contributed by atoms with Crippen LogP contribution in [-0.2, 0) is 13.5 Å². The molecule has 1 radical (unpaired) electrons. The van der Waals surface area contributed by atoms with Crippen LogP contribution in [0.5, 0.6) is 0 Å². The van der Waals surface area contributed by atoms with Gasteiger partial charge in [-0.25, -0.2) is 0 Å². The first-order valence-electron chi connectivity index (χ1n) is 7.03. The van der Waals surface area contributed by atoms with Crippen LogP contribution in [0.3, 0.4) is 0 Å². The lowest BCUT2D eigenvalue weighted by molar-refractivity contribution is 0.102. The number of carbonyl (C=O) groups excluding carboxylic acids is 1. The lowest BCUT2D eigenvalue weighted by atomic mass is 10.1. The Hall–Kier alpha value is -2.26. The predicted octanol–water partition coefficient (Wildman–Crippen LogP) is 4.46. The highest BCUT2D eigenvalue weighted by atomic mass is 35.5. The third-order valence-electron chi connectivity index (χ3n) is 3.71. The van der Waals surface area contributed by atoms with Gasteiger partial charge in [-0.05, 0) is 37.1 Å². The Balaban J connectivity index is 1.94. The molecule has 0 aliphatic rings. The standard InChI is InChI=1S/C18H16ClN2O/c1-3-12-8-9-16(15(19)10-12)20-18(22)14-11-21(2)17-7-5-4-6-13(14)17/h4-11H,1,3H2,2H3,(H,20,22). The fraction of sp³-hybridized carbons (Fsp3) is 0.111. The van der Waals surface area contributed by atoms with Crippen LogP contribution in [0.1, 0.15) is 15.9 Å². The van der Waals surface area contributed by atoms with Gasteiger partial charge in [-0.2, -0.15) is 0 Å². The summed E-state index contributed by atoms with van der Waals surface area (Å²) in [7, 11) is 1.93. The summed E-state index contributed by atoms with van der Waals surface area (Å²) in [5, 5.41) is 4.33. The molecule has 0 aliphatic heterocycles. The van der Waals surface area contributed by atoms with Crippen LogP contribution in [0, 0.1) is 6.92 Å². The molecule has 22 heavy (non-hydrogen) atoms. The summed E-state index contributed by atoms with van der Waals surface area (Å²) in [5.41, 5.74) is 3.30. The monoisotopic (exact) mass is 311 g/mol. The van der Waals surface area contributed by atoms with Crippen molar-refractivity contribution in [2.24, 2.45) is 7.05 Å². The van der Waals surface area contributed by atoms with Crippen LogP contribution in [0.25, 0.3) is 10.9 Å². The van der Waals surface area contributed by atoms with Crippen molar-refractivity contribution in [1.29, 1.82) is 0 Å². The zero-order valence-electron chi connectivity index (χ0n) is 12.3. The Morgan fingerprint density at radius 3 is 2.77 bits per heavy atom. The molecule has 0 aliphatic carbocycles. The number of fused-ring (bicyclic) bond motifs is 1. The molecule has 1 aromatic heterocycles. The van der Waals surface area contributed by atoms with Gasteiger partial charge < -0.3 is 9.88 Å². The number of aryl methyl sites for hydroxylation is 1. The molecule has 1 N–H and O–H groups in total. The maximum atomic E-state index is 12.6. The summed E-state index contributed by atoms with van der Waals surface area (Å²) in [5.74, 6) is -0.166. The van der Waals surface area contributed by atoms with E-state index in [9.17, 15) is 4.79 Å². The van der Waals surface area contributed by atoms with Gasteiger partial charge in [0.25, 0.3) is 5.91 Å². The first kappa shape index (κ1) is 14.7. The number of rotatable bonds is 3. The Morgan fingerprint density at radius 2 is 2.05 bits per heavy atom. The Bertz CT molecular complexity index is 851. The van der Waals surface area contributed by atoms with Gasteiger partial charge in [0.1, 0.15) is 0 Å². The van der Waals surface area contributed by atoms with Crippen LogP contribution in [0.2, 0.25) is 5.02 Å². The number of para-hydroxylation sites is 1. The molecular formula is C18H16ClN2O. The zero-order chi connectivity index (χ0) is 15.7. The van der Waals surface area contributed by atoms with Crippen molar-refractivity contribution in [2.75, 3.05) is 5.32 Å². The molecule has 0 spiro atoms. The van der Waals surface area contributed by atoms with Crippen molar-refractivity contribution in [2.45, 2.75) is 6.42 Å². The second-order valence-electron chi connectivity index (χ2n) is 5.19. The van der Waals surface area contributed by atoms with E-state index >= 15 is 0 Å². The van der Waals surface area contributed by atoms with Gasteiger partial charge >= 0.3 is 0 Å². The summed E-state index contributed by atoms with van der Waals surface area (Å²) in [6.45, 7) is 3.82.